The number of carbonyl (C=O) groups is 2. The van der Waals surface area contributed by atoms with E-state index in [1.807, 2.05) is 21.1 Å². The van der Waals surface area contributed by atoms with Gasteiger partial charge in [-0.25, -0.2) is 0 Å². The van der Waals surface area contributed by atoms with Crippen molar-refractivity contribution in [1.82, 2.24) is 0 Å². The molecule has 0 aromatic carbocycles. The van der Waals surface area contributed by atoms with Crippen molar-refractivity contribution >= 4 is 19.8 Å². The maximum absolute atomic E-state index is 12.7. The predicted molar refractivity (Wildman–Crippen MR) is 222 cm³/mol. The third-order valence-corrected chi connectivity index (χ3v) is 10.8. The largest absolute Gasteiger partial charge is 0.756 e. The maximum Gasteiger partial charge on any atom is 0.306 e. The number of epoxide rings is 1. The van der Waals surface area contributed by atoms with Crippen LogP contribution in [0.4, 0.5) is 0 Å². The highest BCUT2D eigenvalue weighted by molar-refractivity contribution is 7.45. The number of likely N-dealkylation sites (N-methyl/N-ethyl adjacent to an activating group) is 1. The molecule has 55 heavy (non-hydrogen) atoms. The zero-order valence-electron chi connectivity index (χ0n) is 35.8. The zero-order valence-corrected chi connectivity index (χ0v) is 36.7. The molecule has 1 fully saturated rings. The van der Waals surface area contributed by atoms with E-state index in [1.165, 1.54) is 70.6 Å². The van der Waals surface area contributed by atoms with Crippen molar-refractivity contribution in [2.75, 3.05) is 47.5 Å². The van der Waals surface area contributed by atoms with E-state index in [0.29, 0.717) is 36.1 Å². The van der Waals surface area contributed by atoms with E-state index in [2.05, 4.69) is 38.2 Å². The van der Waals surface area contributed by atoms with Crippen molar-refractivity contribution in [2.45, 2.75) is 199 Å². The standard InChI is InChI=1S/C44H82NO9P/c1-6-8-10-12-14-15-16-17-18-19-20-21-22-26-31-35-44(47)53-40(39-52-55(48,49)51-37-36-45(3,4)5)38-50-43(46)34-30-27-23-25-29-33-42-41(54-42)32-28-24-13-11-9-7-2/h15-16,24,28,40-42H,6-14,17-23,25-27,29-39H2,1-5H3/b16-15-,28-24-/t40-,41?,42?/m1/s1. The van der Waals surface area contributed by atoms with Crippen LogP contribution in [-0.4, -0.2) is 82.2 Å². The average molecular weight is 800 g/mol. The first-order valence-electron chi connectivity index (χ1n) is 22.2. The summed E-state index contributed by atoms with van der Waals surface area (Å²) in [6, 6.07) is 0. The Hall–Kier alpha value is -1.55. The van der Waals surface area contributed by atoms with Crippen LogP contribution in [0.1, 0.15) is 181 Å². The van der Waals surface area contributed by atoms with Gasteiger partial charge < -0.3 is 32.6 Å². The first kappa shape index (κ1) is 51.5. The second-order valence-electron chi connectivity index (χ2n) is 16.4. The Kier molecular flexibility index (Phi) is 31.3. The number of hydrogen-bond donors (Lipinski definition) is 0. The van der Waals surface area contributed by atoms with Crippen LogP contribution in [-0.2, 0) is 37.4 Å². The summed E-state index contributed by atoms with van der Waals surface area (Å²) < 4.78 is 39.7. The highest BCUT2D eigenvalue weighted by Gasteiger charge is 2.36. The molecule has 0 aliphatic carbocycles. The molecule has 0 N–H and O–H groups in total. The number of esters is 2. The second-order valence-corrected chi connectivity index (χ2v) is 17.9. The van der Waals surface area contributed by atoms with Crippen molar-refractivity contribution in [3.05, 3.63) is 24.3 Å². The Balaban J connectivity index is 2.29. The Morgan fingerprint density at radius 3 is 1.78 bits per heavy atom. The molecule has 0 aromatic rings. The van der Waals surface area contributed by atoms with Crippen molar-refractivity contribution in [3.8, 4) is 0 Å². The first-order chi connectivity index (χ1) is 26.5. The van der Waals surface area contributed by atoms with Gasteiger partial charge in [0.1, 0.15) is 19.8 Å². The molecule has 1 aliphatic rings. The lowest BCUT2D eigenvalue weighted by molar-refractivity contribution is -0.870. The number of ether oxygens (including phenoxy) is 3. The summed E-state index contributed by atoms with van der Waals surface area (Å²) in [6.07, 6.45) is 36.4. The number of carbonyl (C=O) groups excluding carboxylic acids is 2. The molecule has 0 spiro atoms. The Bertz CT molecular complexity index is 1060. The molecule has 11 heteroatoms. The minimum Gasteiger partial charge on any atom is -0.756 e. The Morgan fingerprint density at radius 1 is 0.655 bits per heavy atom. The molecule has 1 saturated heterocycles. The number of unbranched alkanes of at least 4 members (excludes halogenated alkanes) is 18. The molecule has 10 nitrogen and oxygen atoms in total. The van der Waals surface area contributed by atoms with E-state index in [4.69, 9.17) is 23.3 Å². The Labute approximate surface area is 336 Å². The van der Waals surface area contributed by atoms with Gasteiger partial charge in [-0.05, 0) is 64.2 Å². The SMILES string of the molecule is CCCCC/C=C\CC1OC1CCCCCCCC(=O)OC[C@H](COP(=O)([O-])OCC[N+](C)(C)C)OC(=O)CCCCCCCCC/C=C\CCCCCC. The van der Waals surface area contributed by atoms with Crippen LogP contribution in [0.3, 0.4) is 0 Å². The highest BCUT2D eigenvalue weighted by Crippen LogP contribution is 2.38. The second kappa shape index (κ2) is 33.4. The zero-order chi connectivity index (χ0) is 40.5. The van der Waals surface area contributed by atoms with Gasteiger partial charge in [-0.3, -0.25) is 14.2 Å². The highest BCUT2D eigenvalue weighted by atomic mass is 31.2. The number of nitrogens with zero attached hydrogens (tertiary/aromatic N) is 1. The van der Waals surface area contributed by atoms with Gasteiger partial charge in [0.05, 0.1) is 40.0 Å². The van der Waals surface area contributed by atoms with Crippen LogP contribution in [0.15, 0.2) is 24.3 Å². The summed E-state index contributed by atoms with van der Waals surface area (Å²) in [4.78, 5) is 37.6. The summed E-state index contributed by atoms with van der Waals surface area (Å²) >= 11 is 0. The molecule has 0 bridgehead atoms. The fourth-order valence-corrected chi connectivity index (χ4v) is 6.97. The van der Waals surface area contributed by atoms with Crippen molar-refractivity contribution in [3.63, 3.8) is 0 Å². The number of rotatable bonds is 39. The van der Waals surface area contributed by atoms with Gasteiger partial charge >= 0.3 is 11.9 Å². The molecule has 0 amide bonds. The number of phosphoric ester groups is 1. The molecule has 0 radical (unpaired) electrons. The van der Waals surface area contributed by atoms with Crippen LogP contribution in [0.25, 0.3) is 0 Å². The third kappa shape index (κ3) is 34.2. The minimum atomic E-state index is -4.63. The van der Waals surface area contributed by atoms with Crippen LogP contribution >= 0.6 is 7.82 Å². The molecule has 3 unspecified atom stereocenters. The quantitative estimate of drug-likeness (QED) is 0.0149. The van der Waals surface area contributed by atoms with E-state index in [-0.39, 0.29) is 26.1 Å². The molecular weight excluding hydrogens is 717 g/mol. The van der Waals surface area contributed by atoms with Crippen LogP contribution < -0.4 is 4.89 Å². The van der Waals surface area contributed by atoms with Gasteiger partial charge in [0.15, 0.2) is 6.10 Å². The summed E-state index contributed by atoms with van der Waals surface area (Å²) in [5, 5.41) is 0. The molecule has 1 rings (SSSR count). The first-order valence-corrected chi connectivity index (χ1v) is 23.6. The van der Waals surface area contributed by atoms with E-state index >= 15 is 0 Å². The van der Waals surface area contributed by atoms with E-state index in [0.717, 1.165) is 70.6 Å². The van der Waals surface area contributed by atoms with Gasteiger partial charge in [-0.15, -0.1) is 0 Å². The molecule has 0 saturated carbocycles. The molecule has 322 valence electrons. The van der Waals surface area contributed by atoms with Gasteiger partial charge in [0.2, 0.25) is 0 Å². The fraction of sp³-hybridized carbons (Fsp3) is 0.864. The lowest BCUT2D eigenvalue weighted by Crippen LogP contribution is -2.37. The van der Waals surface area contributed by atoms with Crippen LogP contribution in [0.2, 0.25) is 0 Å². The predicted octanol–water partition coefficient (Wildman–Crippen LogP) is 10.7. The monoisotopic (exact) mass is 800 g/mol. The van der Waals surface area contributed by atoms with Gasteiger partial charge in [-0.2, -0.15) is 0 Å². The normalized spacial score (nSPS) is 17.5. The van der Waals surface area contributed by atoms with Crippen molar-refractivity contribution < 1.29 is 46.8 Å². The maximum atomic E-state index is 12.7. The summed E-state index contributed by atoms with van der Waals surface area (Å²) in [7, 11) is 1.15. The van der Waals surface area contributed by atoms with Gasteiger partial charge in [-0.1, -0.05) is 128 Å². The molecule has 4 atom stereocenters. The molecule has 0 aromatic heterocycles. The minimum absolute atomic E-state index is 0.0360. The van der Waals surface area contributed by atoms with Gasteiger partial charge in [0, 0.05) is 12.8 Å². The number of hydrogen-bond acceptors (Lipinski definition) is 9. The van der Waals surface area contributed by atoms with Crippen molar-refractivity contribution in [1.29, 1.82) is 0 Å². The fourth-order valence-electron chi connectivity index (χ4n) is 6.24. The topological polar surface area (TPSA) is 124 Å². The smallest absolute Gasteiger partial charge is 0.306 e. The van der Waals surface area contributed by atoms with Crippen molar-refractivity contribution in [2.24, 2.45) is 0 Å². The molecular formula is C44H82NO9P. The lowest BCUT2D eigenvalue weighted by Gasteiger charge is -2.28. The van der Waals surface area contributed by atoms with Gasteiger partial charge in [0.25, 0.3) is 7.82 Å². The molecule has 1 aliphatic heterocycles. The van der Waals surface area contributed by atoms with E-state index in [1.54, 1.807) is 0 Å². The third-order valence-electron chi connectivity index (χ3n) is 9.87. The number of allylic oxidation sites excluding steroid dienone is 3. The lowest BCUT2D eigenvalue weighted by atomic mass is 10.1. The molecule has 1 heterocycles. The summed E-state index contributed by atoms with van der Waals surface area (Å²) in [5.41, 5.74) is 0. The van der Waals surface area contributed by atoms with E-state index < -0.39 is 32.5 Å². The van der Waals surface area contributed by atoms with Crippen LogP contribution in [0, 0.1) is 0 Å². The number of phosphoric acid groups is 1. The Morgan fingerprint density at radius 2 is 1.16 bits per heavy atom. The number of quaternary nitrogens is 1. The van der Waals surface area contributed by atoms with E-state index in [9.17, 15) is 19.0 Å². The average Bonchev–Trinajstić information content (AvgIpc) is 3.89. The summed E-state index contributed by atoms with van der Waals surface area (Å²) in [6.45, 7) is 4.15. The van der Waals surface area contributed by atoms with Crippen LogP contribution in [0.5, 0.6) is 0 Å². The summed E-state index contributed by atoms with van der Waals surface area (Å²) in [5.74, 6) is -0.861.